The van der Waals surface area contributed by atoms with Gasteiger partial charge in [-0.1, -0.05) is 24.3 Å². The Morgan fingerprint density at radius 1 is 1.19 bits per heavy atom. The number of rotatable bonds is 5. The first-order valence-corrected chi connectivity index (χ1v) is 10.6. The van der Waals surface area contributed by atoms with Gasteiger partial charge in [0.1, 0.15) is 6.54 Å². The lowest BCUT2D eigenvalue weighted by molar-refractivity contribution is -0.143. The first-order valence-electron chi connectivity index (χ1n) is 8.14. The summed E-state index contributed by atoms with van der Waals surface area (Å²) in [4.78, 5) is 29.8. The number of thiazole rings is 1. The number of nitrogens with zero attached hydrogens (tertiary/aromatic N) is 2. The molecule has 8 heteroatoms. The summed E-state index contributed by atoms with van der Waals surface area (Å²) >= 11 is 6.09. The van der Waals surface area contributed by atoms with Gasteiger partial charge in [-0.3, -0.25) is 9.59 Å². The highest BCUT2D eigenvalue weighted by Gasteiger charge is 2.14. The Hall–Kier alpha value is -1.77. The second kappa shape index (κ2) is 8.28. The van der Waals surface area contributed by atoms with Crippen LogP contribution in [0.25, 0.3) is 10.2 Å². The van der Waals surface area contributed by atoms with Crippen LogP contribution in [0.15, 0.2) is 39.1 Å². The van der Waals surface area contributed by atoms with E-state index in [0.29, 0.717) is 16.3 Å². The molecule has 1 amide bonds. The van der Waals surface area contributed by atoms with Gasteiger partial charge >= 0.3 is 5.97 Å². The molecule has 0 bridgehead atoms. The predicted molar refractivity (Wildman–Crippen MR) is 108 cm³/mol. The monoisotopic (exact) mass is 452 g/mol. The second-order valence-electron chi connectivity index (χ2n) is 5.45. The molecule has 0 radical (unpaired) electrons. The van der Waals surface area contributed by atoms with Gasteiger partial charge in [-0.05, 0) is 59.1 Å². The number of amides is 1. The Balaban J connectivity index is 2.10. The van der Waals surface area contributed by atoms with Crippen LogP contribution in [0.3, 0.4) is 0 Å². The van der Waals surface area contributed by atoms with Crippen LogP contribution in [0, 0.1) is 0 Å². The van der Waals surface area contributed by atoms with E-state index in [1.165, 1.54) is 28.2 Å². The molecule has 0 saturated heterocycles. The van der Waals surface area contributed by atoms with Crippen LogP contribution < -0.4 is 4.80 Å². The lowest BCUT2D eigenvalue weighted by Crippen LogP contribution is -2.23. The van der Waals surface area contributed by atoms with Gasteiger partial charge in [0, 0.05) is 0 Å². The van der Waals surface area contributed by atoms with Gasteiger partial charge in [-0.15, -0.1) is 11.3 Å². The number of halogens is 1. The molecular formula is C18H17BrN2O3S2. The number of ether oxygens (including phenoxy) is 1. The summed E-state index contributed by atoms with van der Waals surface area (Å²) < 4.78 is 8.69. The molecule has 3 aromatic rings. The van der Waals surface area contributed by atoms with Crippen molar-refractivity contribution in [3.63, 3.8) is 0 Å². The summed E-state index contributed by atoms with van der Waals surface area (Å²) in [5.74, 6) is -0.667. The molecule has 0 aliphatic heterocycles. The van der Waals surface area contributed by atoms with Gasteiger partial charge in [0.25, 0.3) is 5.91 Å². The topological polar surface area (TPSA) is 60.7 Å². The van der Waals surface area contributed by atoms with Crippen molar-refractivity contribution in [2.45, 2.75) is 26.8 Å². The zero-order valence-electron chi connectivity index (χ0n) is 14.3. The van der Waals surface area contributed by atoms with Crippen LogP contribution in [0.2, 0.25) is 0 Å². The minimum absolute atomic E-state index is 0.0273. The van der Waals surface area contributed by atoms with Gasteiger partial charge in [-0.25, -0.2) is 0 Å². The molecule has 2 heterocycles. The third-order valence-corrected chi connectivity index (χ3v) is 6.38. The fraction of sp³-hybridized carbons (Fsp3) is 0.278. The van der Waals surface area contributed by atoms with Crippen LogP contribution in [-0.2, 0) is 22.5 Å². The summed E-state index contributed by atoms with van der Waals surface area (Å²) in [5.41, 5.74) is 2.07. The number of thiophene rings is 1. The van der Waals surface area contributed by atoms with E-state index in [1.54, 1.807) is 17.6 Å². The predicted octanol–water partition coefficient (Wildman–Crippen LogP) is 4.39. The van der Waals surface area contributed by atoms with E-state index in [4.69, 9.17) is 4.74 Å². The average Bonchev–Trinajstić information content (AvgIpc) is 3.19. The molecule has 5 nitrogen and oxygen atoms in total. The molecule has 26 heavy (non-hydrogen) atoms. The third-order valence-electron chi connectivity index (χ3n) is 3.73. The fourth-order valence-electron chi connectivity index (χ4n) is 2.48. The highest BCUT2D eigenvalue weighted by molar-refractivity contribution is 9.11. The molecule has 0 aliphatic rings. The molecule has 0 N–H and O–H groups in total. The zero-order valence-corrected chi connectivity index (χ0v) is 17.5. The number of benzene rings is 1. The number of hydrogen-bond donors (Lipinski definition) is 0. The zero-order chi connectivity index (χ0) is 18.7. The van der Waals surface area contributed by atoms with Crippen LogP contribution >= 0.6 is 38.6 Å². The van der Waals surface area contributed by atoms with Gasteiger partial charge in [0.05, 0.1) is 25.5 Å². The van der Waals surface area contributed by atoms with Crippen LogP contribution in [0.4, 0.5) is 0 Å². The van der Waals surface area contributed by atoms with Gasteiger partial charge < -0.3 is 9.30 Å². The van der Waals surface area contributed by atoms with E-state index in [0.717, 1.165) is 20.4 Å². The Bertz CT molecular complexity index is 1030. The molecule has 136 valence electrons. The molecule has 0 aliphatic carbocycles. The fourth-order valence-corrected chi connectivity index (χ4v) is 4.84. The summed E-state index contributed by atoms with van der Waals surface area (Å²) in [6.07, 6.45) is 0.917. The maximum atomic E-state index is 12.5. The Morgan fingerprint density at radius 3 is 2.65 bits per heavy atom. The number of aryl methyl sites for hydroxylation is 1. The first kappa shape index (κ1) is 19.0. The van der Waals surface area contributed by atoms with Crippen molar-refractivity contribution in [2.75, 3.05) is 6.61 Å². The SMILES string of the molecule is CCOC(=O)Cn1c(=NC(=O)c2ccc(Br)s2)sc2cc(CC)ccc21. The van der Waals surface area contributed by atoms with E-state index in [-0.39, 0.29) is 18.4 Å². The lowest BCUT2D eigenvalue weighted by atomic mass is 10.2. The lowest BCUT2D eigenvalue weighted by Gasteiger charge is -2.05. The molecule has 0 atom stereocenters. The van der Waals surface area contributed by atoms with Crippen molar-refractivity contribution in [1.82, 2.24) is 4.57 Å². The third kappa shape index (κ3) is 4.13. The van der Waals surface area contributed by atoms with Crippen molar-refractivity contribution in [3.8, 4) is 0 Å². The summed E-state index contributed by atoms with van der Waals surface area (Å²) in [6, 6.07) is 9.62. The summed E-state index contributed by atoms with van der Waals surface area (Å²) in [6.45, 7) is 4.20. The molecule has 0 saturated carbocycles. The number of carbonyl (C=O) groups is 2. The summed E-state index contributed by atoms with van der Waals surface area (Å²) in [5, 5.41) is 0. The largest absolute Gasteiger partial charge is 0.465 e. The highest BCUT2D eigenvalue weighted by Crippen LogP contribution is 2.23. The van der Waals surface area contributed by atoms with Crippen molar-refractivity contribution in [3.05, 3.63) is 49.4 Å². The van der Waals surface area contributed by atoms with E-state index in [2.05, 4.69) is 33.9 Å². The molecule has 0 spiro atoms. The van der Waals surface area contributed by atoms with Crippen LogP contribution in [0.1, 0.15) is 29.1 Å². The number of fused-ring (bicyclic) bond motifs is 1. The van der Waals surface area contributed by atoms with Crippen molar-refractivity contribution in [1.29, 1.82) is 0 Å². The molecule has 1 aromatic carbocycles. The smallest absolute Gasteiger partial charge is 0.326 e. The molecule has 3 rings (SSSR count). The Labute approximate surface area is 167 Å². The summed E-state index contributed by atoms with van der Waals surface area (Å²) in [7, 11) is 0. The standard InChI is InChI=1S/C18H17BrN2O3S2/c1-3-11-5-6-12-14(9-11)26-18(21(12)10-16(22)24-4-2)20-17(23)13-7-8-15(19)25-13/h5-9H,3-4,10H2,1-2H3. The Kier molecular flexibility index (Phi) is 6.05. The average molecular weight is 453 g/mol. The van der Waals surface area contributed by atoms with Gasteiger partial charge in [0.15, 0.2) is 4.80 Å². The normalized spacial score (nSPS) is 11.9. The molecular weight excluding hydrogens is 436 g/mol. The number of hydrogen-bond acceptors (Lipinski definition) is 5. The van der Waals surface area contributed by atoms with Crippen molar-refractivity contribution < 1.29 is 14.3 Å². The highest BCUT2D eigenvalue weighted by atomic mass is 79.9. The second-order valence-corrected chi connectivity index (χ2v) is 8.92. The van der Waals surface area contributed by atoms with E-state index in [1.807, 2.05) is 18.2 Å². The minimum Gasteiger partial charge on any atom is -0.465 e. The van der Waals surface area contributed by atoms with Crippen LogP contribution in [-0.4, -0.2) is 23.1 Å². The number of esters is 1. The quantitative estimate of drug-likeness (QED) is 0.539. The van der Waals surface area contributed by atoms with E-state index >= 15 is 0 Å². The van der Waals surface area contributed by atoms with Crippen molar-refractivity contribution >= 4 is 60.7 Å². The Morgan fingerprint density at radius 2 is 2.00 bits per heavy atom. The maximum absolute atomic E-state index is 12.5. The molecule has 0 unspecified atom stereocenters. The first-order chi connectivity index (χ1) is 12.5. The molecule has 0 fully saturated rings. The maximum Gasteiger partial charge on any atom is 0.326 e. The van der Waals surface area contributed by atoms with Crippen molar-refractivity contribution in [2.24, 2.45) is 4.99 Å². The molecule has 2 aromatic heterocycles. The number of carbonyl (C=O) groups excluding carboxylic acids is 2. The van der Waals surface area contributed by atoms with Crippen LogP contribution in [0.5, 0.6) is 0 Å². The van der Waals surface area contributed by atoms with E-state index in [9.17, 15) is 9.59 Å². The van der Waals surface area contributed by atoms with Gasteiger partial charge in [0.2, 0.25) is 0 Å². The minimum atomic E-state index is -0.348. The van der Waals surface area contributed by atoms with Gasteiger partial charge in [-0.2, -0.15) is 4.99 Å². The number of aromatic nitrogens is 1. The van der Waals surface area contributed by atoms with E-state index < -0.39 is 0 Å².